The van der Waals surface area contributed by atoms with Crippen molar-refractivity contribution in [1.82, 2.24) is 0 Å². The first-order chi connectivity index (χ1) is 13.5. The lowest BCUT2D eigenvalue weighted by molar-refractivity contribution is -0.201. The van der Waals surface area contributed by atoms with Crippen LogP contribution in [0.4, 0.5) is 0 Å². The Labute approximate surface area is 171 Å². The Morgan fingerprint density at radius 2 is 1.83 bits per heavy atom. The standard InChI is InChI=1S/C24H32O5/c1-22(2)18-9-12-24(4,27)19(23(18,3)11-10-20(22)25)14-28-16-7-5-15-6-8-21(26)29-17(15)13-16/h5-8,13,18-20,25,27H,9-12,14H2,1-4H3/t18-,19+,20-,23-,24+/m0/s1. The molecule has 1 heterocycles. The van der Waals surface area contributed by atoms with Gasteiger partial charge in [0.1, 0.15) is 11.3 Å². The molecule has 2 aromatic rings. The summed E-state index contributed by atoms with van der Waals surface area (Å²) in [6.07, 6.45) is 2.91. The van der Waals surface area contributed by atoms with Crippen molar-refractivity contribution < 1.29 is 19.4 Å². The number of aliphatic hydroxyl groups excluding tert-OH is 1. The minimum Gasteiger partial charge on any atom is -0.493 e. The van der Waals surface area contributed by atoms with Crippen LogP contribution in [-0.4, -0.2) is 28.5 Å². The van der Waals surface area contributed by atoms with Gasteiger partial charge in [-0.05, 0) is 67.6 Å². The van der Waals surface area contributed by atoms with Crippen LogP contribution in [0.1, 0.15) is 53.4 Å². The molecule has 0 spiro atoms. The molecule has 2 N–H and O–H groups in total. The fraction of sp³-hybridized carbons (Fsp3) is 0.625. The maximum atomic E-state index is 11.5. The molecule has 29 heavy (non-hydrogen) atoms. The summed E-state index contributed by atoms with van der Waals surface area (Å²) in [5.41, 5.74) is -1.02. The van der Waals surface area contributed by atoms with Crippen LogP contribution in [-0.2, 0) is 0 Å². The van der Waals surface area contributed by atoms with Crippen molar-refractivity contribution in [3.05, 3.63) is 40.8 Å². The Morgan fingerprint density at radius 1 is 1.10 bits per heavy atom. The van der Waals surface area contributed by atoms with E-state index in [0.29, 0.717) is 30.3 Å². The van der Waals surface area contributed by atoms with E-state index in [2.05, 4.69) is 20.8 Å². The van der Waals surface area contributed by atoms with E-state index in [-0.39, 0.29) is 28.5 Å². The highest BCUT2D eigenvalue weighted by Gasteiger charge is 2.60. The minimum absolute atomic E-state index is 0.0565. The van der Waals surface area contributed by atoms with Crippen molar-refractivity contribution in [1.29, 1.82) is 0 Å². The topological polar surface area (TPSA) is 79.9 Å². The zero-order valence-electron chi connectivity index (χ0n) is 17.8. The molecule has 0 radical (unpaired) electrons. The van der Waals surface area contributed by atoms with Gasteiger partial charge in [0.05, 0.1) is 18.3 Å². The van der Waals surface area contributed by atoms with Gasteiger partial charge in [-0.3, -0.25) is 0 Å². The van der Waals surface area contributed by atoms with Gasteiger partial charge >= 0.3 is 5.63 Å². The maximum absolute atomic E-state index is 11.5. The third-order valence-electron chi connectivity index (χ3n) is 8.01. The van der Waals surface area contributed by atoms with Crippen LogP contribution in [0.2, 0.25) is 0 Å². The van der Waals surface area contributed by atoms with Crippen LogP contribution in [0.5, 0.6) is 5.75 Å². The molecule has 0 unspecified atom stereocenters. The molecule has 4 rings (SSSR count). The quantitative estimate of drug-likeness (QED) is 0.757. The first kappa shape index (κ1) is 20.4. The second-order valence-corrected chi connectivity index (χ2v) is 10.1. The molecule has 2 saturated carbocycles. The normalized spacial score (nSPS) is 36.6. The van der Waals surface area contributed by atoms with Crippen molar-refractivity contribution in [2.75, 3.05) is 6.61 Å². The average Bonchev–Trinajstić information content (AvgIpc) is 2.64. The van der Waals surface area contributed by atoms with E-state index >= 15 is 0 Å². The highest BCUT2D eigenvalue weighted by Crippen LogP contribution is 2.61. The third kappa shape index (κ3) is 3.38. The molecule has 0 amide bonds. The minimum atomic E-state index is -0.826. The first-order valence-electron chi connectivity index (χ1n) is 10.6. The number of ether oxygens (including phenoxy) is 1. The predicted molar refractivity (Wildman–Crippen MR) is 112 cm³/mol. The van der Waals surface area contributed by atoms with E-state index in [4.69, 9.17) is 9.15 Å². The number of hydrogen-bond donors (Lipinski definition) is 2. The van der Waals surface area contributed by atoms with Crippen LogP contribution >= 0.6 is 0 Å². The molecule has 5 nitrogen and oxygen atoms in total. The summed E-state index contributed by atoms with van der Waals surface area (Å²) >= 11 is 0. The van der Waals surface area contributed by atoms with Gasteiger partial charge < -0.3 is 19.4 Å². The van der Waals surface area contributed by atoms with E-state index in [0.717, 1.165) is 24.6 Å². The zero-order chi connectivity index (χ0) is 21.0. The monoisotopic (exact) mass is 400 g/mol. The van der Waals surface area contributed by atoms with Crippen LogP contribution in [0.15, 0.2) is 39.5 Å². The summed E-state index contributed by atoms with van der Waals surface area (Å²) in [5, 5.41) is 22.7. The molecule has 0 aliphatic heterocycles. The van der Waals surface area contributed by atoms with E-state index in [1.54, 1.807) is 12.1 Å². The molecule has 0 bridgehead atoms. The largest absolute Gasteiger partial charge is 0.493 e. The fourth-order valence-corrected chi connectivity index (χ4v) is 6.20. The van der Waals surface area contributed by atoms with Crippen LogP contribution in [0, 0.1) is 22.7 Å². The van der Waals surface area contributed by atoms with Crippen molar-refractivity contribution in [3.63, 3.8) is 0 Å². The number of hydrogen-bond acceptors (Lipinski definition) is 5. The van der Waals surface area contributed by atoms with Crippen LogP contribution in [0.3, 0.4) is 0 Å². The molecule has 1 aromatic heterocycles. The molecule has 0 saturated heterocycles. The summed E-state index contributed by atoms with van der Waals surface area (Å²) in [7, 11) is 0. The fourth-order valence-electron chi connectivity index (χ4n) is 6.20. The van der Waals surface area contributed by atoms with E-state index in [1.165, 1.54) is 6.07 Å². The second kappa shape index (κ2) is 6.85. The Kier molecular flexibility index (Phi) is 4.82. The van der Waals surface area contributed by atoms with Crippen molar-refractivity contribution in [3.8, 4) is 5.75 Å². The molecular formula is C24H32O5. The molecule has 5 atom stereocenters. The summed E-state index contributed by atoms with van der Waals surface area (Å²) < 4.78 is 11.4. The number of benzene rings is 1. The number of aliphatic hydroxyl groups is 2. The molecule has 158 valence electrons. The van der Waals surface area contributed by atoms with Gasteiger partial charge in [0.15, 0.2) is 0 Å². The Balaban J connectivity index is 1.61. The first-order valence-corrected chi connectivity index (χ1v) is 10.6. The number of rotatable bonds is 3. The summed E-state index contributed by atoms with van der Waals surface area (Å²) in [5.74, 6) is 0.893. The Morgan fingerprint density at radius 3 is 2.59 bits per heavy atom. The summed E-state index contributed by atoms with van der Waals surface area (Å²) in [6.45, 7) is 8.87. The number of fused-ring (bicyclic) bond motifs is 2. The van der Waals surface area contributed by atoms with Gasteiger partial charge in [0, 0.05) is 23.4 Å². The zero-order valence-corrected chi connectivity index (χ0v) is 17.8. The van der Waals surface area contributed by atoms with Gasteiger partial charge in [0.2, 0.25) is 0 Å². The van der Waals surface area contributed by atoms with Gasteiger partial charge in [-0.25, -0.2) is 4.79 Å². The lowest BCUT2D eigenvalue weighted by Gasteiger charge is -2.62. The smallest absolute Gasteiger partial charge is 0.336 e. The third-order valence-corrected chi connectivity index (χ3v) is 8.01. The van der Waals surface area contributed by atoms with Gasteiger partial charge in [-0.2, -0.15) is 0 Å². The van der Waals surface area contributed by atoms with E-state index < -0.39 is 5.60 Å². The summed E-state index contributed by atoms with van der Waals surface area (Å²) in [6, 6.07) is 8.62. The molecular weight excluding hydrogens is 368 g/mol. The SMILES string of the molecule is CC1(C)[C@@H](O)CC[C@]2(C)[C@@H](COc3ccc4ccc(=O)oc4c3)[C@](C)(O)CC[C@@H]12. The van der Waals surface area contributed by atoms with E-state index in [1.807, 2.05) is 19.1 Å². The van der Waals surface area contributed by atoms with Gasteiger partial charge in [-0.15, -0.1) is 0 Å². The van der Waals surface area contributed by atoms with Gasteiger partial charge in [0.25, 0.3) is 0 Å². The van der Waals surface area contributed by atoms with Crippen molar-refractivity contribution >= 4 is 11.0 Å². The Bertz CT molecular complexity index is 959. The molecule has 2 aliphatic carbocycles. The van der Waals surface area contributed by atoms with E-state index in [9.17, 15) is 15.0 Å². The van der Waals surface area contributed by atoms with Crippen LogP contribution in [0.25, 0.3) is 11.0 Å². The maximum Gasteiger partial charge on any atom is 0.336 e. The van der Waals surface area contributed by atoms with Gasteiger partial charge in [-0.1, -0.05) is 20.8 Å². The lowest BCUT2D eigenvalue weighted by atomic mass is 9.45. The van der Waals surface area contributed by atoms with Crippen molar-refractivity contribution in [2.24, 2.45) is 22.7 Å². The average molecular weight is 401 g/mol. The van der Waals surface area contributed by atoms with Crippen LogP contribution < -0.4 is 10.4 Å². The molecule has 2 aliphatic rings. The summed E-state index contributed by atoms with van der Waals surface area (Å²) in [4.78, 5) is 11.5. The highest BCUT2D eigenvalue weighted by atomic mass is 16.5. The highest BCUT2D eigenvalue weighted by molar-refractivity contribution is 5.77. The Hall–Kier alpha value is -1.85. The molecule has 2 fully saturated rings. The second-order valence-electron chi connectivity index (χ2n) is 10.1. The lowest BCUT2D eigenvalue weighted by Crippen LogP contribution is -2.61. The predicted octanol–water partition coefficient (Wildman–Crippen LogP) is 4.14. The van der Waals surface area contributed by atoms with Crippen molar-refractivity contribution in [2.45, 2.75) is 65.1 Å². The molecule has 1 aromatic carbocycles. The molecule has 5 heteroatoms.